The van der Waals surface area contributed by atoms with E-state index in [2.05, 4.69) is 36.5 Å². The molecule has 1 heterocycles. The second-order valence-electron chi connectivity index (χ2n) is 5.17. The van der Waals surface area contributed by atoms with Crippen LogP contribution in [0.4, 0.5) is 0 Å². The summed E-state index contributed by atoms with van der Waals surface area (Å²) in [7, 11) is 0. The molecule has 19 heavy (non-hydrogen) atoms. The van der Waals surface area contributed by atoms with E-state index < -0.39 is 0 Å². The predicted molar refractivity (Wildman–Crippen MR) is 76.7 cm³/mol. The Labute approximate surface area is 115 Å². The summed E-state index contributed by atoms with van der Waals surface area (Å²) in [6, 6.07) is 2.02. The minimum atomic E-state index is 0.114. The van der Waals surface area contributed by atoms with Crippen molar-refractivity contribution >= 4 is 5.91 Å². The average Bonchev–Trinajstić information content (AvgIpc) is 2.80. The highest BCUT2D eigenvalue weighted by atomic mass is 16.1. The van der Waals surface area contributed by atoms with E-state index in [-0.39, 0.29) is 5.91 Å². The van der Waals surface area contributed by atoms with Crippen LogP contribution in [-0.4, -0.2) is 28.8 Å². The minimum absolute atomic E-state index is 0.114. The smallest absolute Gasteiger partial charge is 0.221 e. The molecule has 0 fully saturated rings. The highest BCUT2D eigenvalue weighted by Crippen LogP contribution is 1.99. The summed E-state index contributed by atoms with van der Waals surface area (Å²) in [6.45, 7) is 9.47. The van der Waals surface area contributed by atoms with Crippen molar-refractivity contribution in [1.29, 1.82) is 0 Å². The fourth-order valence-corrected chi connectivity index (χ4v) is 1.75. The first kappa shape index (κ1) is 15.7. The maximum absolute atomic E-state index is 11.5. The number of amides is 1. The molecule has 0 saturated heterocycles. The molecule has 1 aromatic rings. The van der Waals surface area contributed by atoms with Crippen LogP contribution in [0.25, 0.3) is 0 Å². The van der Waals surface area contributed by atoms with Gasteiger partial charge in [-0.05, 0) is 18.4 Å². The fraction of sp³-hybridized carbons (Fsp3) is 0.714. The Hall–Kier alpha value is -1.36. The molecule has 5 nitrogen and oxygen atoms in total. The van der Waals surface area contributed by atoms with Crippen LogP contribution in [-0.2, 0) is 17.9 Å². The molecule has 0 spiro atoms. The van der Waals surface area contributed by atoms with Crippen molar-refractivity contribution < 1.29 is 4.79 Å². The molecule has 1 amide bonds. The van der Waals surface area contributed by atoms with Crippen molar-refractivity contribution in [3.8, 4) is 0 Å². The lowest BCUT2D eigenvalue weighted by Gasteiger charge is -2.09. The maximum Gasteiger partial charge on any atom is 0.221 e. The number of nitrogens with one attached hydrogen (secondary N) is 2. The molecule has 108 valence electrons. The Morgan fingerprint density at radius 1 is 1.47 bits per heavy atom. The van der Waals surface area contributed by atoms with Crippen molar-refractivity contribution in [2.24, 2.45) is 5.92 Å². The van der Waals surface area contributed by atoms with Gasteiger partial charge in [-0.25, -0.2) is 0 Å². The Morgan fingerprint density at radius 2 is 2.26 bits per heavy atom. The van der Waals surface area contributed by atoms with Crippen LogP contribution in [0.5, 0.6) is 0 Å². The van der Waals surface area contributed by atoms with Crippen LogP contribution in [0.2, 0.25) is 0 Å². The van der Waals surface area contributed by atoms with E-state index in [4.69, 9.17) is 0 Å². The molecule has 0 aliphatic carbocycles. The predicted octanol–water partition coefficient (Wildman–Crippen LogP) is 1.54. The van der Waals surface area contributed by atoms with Gasteiger partial charge in [-0.2, -0.15) is 5.10 Å². The van der Waals surface area contributed by atoms with Gasteiger partial charge in [0.1, 0.15) is 0 Å². The monoisotopic (exact) mass is 266 g/mol. The molecule has 0 bridgehead atoms. The number of aromatic nitrogens is 2. The zero-order valence-electron chi connectivity index (χ0n) is 12.3. The van der Waals surface area contributed by atoms with Crippen LogP contribution >= 0.6 is 0 Å². The van der Waals surface area contributed by atoms with E-state index >= 15 is 0 Å². The van der Waals surface area contributed by atoms with Crippen LogP contribution in [0.15, 0.2) is 12.3 Å². The maximum atomic E-state index is 11.5. The molecule has 1 rings (SSSR count). The molecule has 2 N–H and O–H groups in total. The van der Waals surface area contributed by atoms with Gasteiger partial charge < -0.3 is 10.6 Å². The summed E-state index contributed by atoms with van der Waals surface area (Å²) in [6.07, 6.45) is 3.42. The molecule has 0 radical (unpaired) electrons. The van der Waals surface area contributed by atoms with Crippen molar-refractivity contribution in [3.63, 3.8) is 0 Å². The van der Waals surface area contributed by atoms with Gasteiger partial charge in [-0.15, -0.1) is 0 Å². The van der Waals surface area contributed by atoms with E-state index in [9.17, 15) is 4.79 Å². The van der Waals surface area contributed by atoms with Crippen molar-refractivity contribution in [2.45, 2.75) is 46.7 Å². The van der Waals surface area contributed by atoms with Gasteiger partial charge in [0, 0.05) is 38.8 Å². The molecule has 0 aromatic carbocycles. The van der Waals surface area contributed by atoms with E-state index in [1.807, 2.05) is 16.9 Å². The molecule has 1 aromatic heterocycles. The Kier molecular flexibility index (Phi) is 7.18. The molecule has 0 unspecified atom stereocenters. The number of aryl methyl sites for hydroxylation is 1. The third-order valence-corrected chi connectivity index (χ3v) is 2.78. The molecule has 0 atom stereocenters. The highest BCUT2D eigenvalue weighted by Gasteiger charge is 2.03. The summed E-state index contributed by atoms with van der Waals surface area (Å²) >= 11 is 0. The molecular formula is C14H26N4O. The highest BCUT2D eigenvalue weighted by molar-refractivity contribution is 5.76. The number of nitrogens with zero attached hydrogens (tertiary/aromatic N) is 2. The Bertz CT molecular complexity index is 373. The Balaban J connectivity index is 2.16. The fourth-order valence-electron chi connectivity index (χ4n) is 1.75. The summed E-state index contributed by atoms with van der Waals surface area (Å²) in [4.78, 5) is 11.5. The second kappa shape index (κ2) is 8.69. The number of carbonyl (C=O) groups excluding carboxylic acids is 1. The van der Waals surface area contributed by atoms with E-state index in [0.717, 1.165) is 26.1 Å². The molecule has 0 saturated carbocycles. The molecule has 0 aliphatic rings. The van der Waals surface area contributed by atoms with Crippen LogP contribution in [0.3, 0.4) is 0 Å². The normalized spacial score (nSPS) is 10.9. The molecule has 0 aliphatic heterocycles. The molecule has 5 heteroatoms. The summed E-state index contributed by atoms with van der Waals surface area (Å²) < 4.78 is 2.01. The average molecular weight is 266 g/mol. The van der Waals surface area contributed by atoms with Gasteiger partial charge in [-0.1, -0.05) is 20.8 Å². The number of hydrogen-bond acceptors (Lipinski definition) is 3. The van der Waals surface area contributed by atoms with Crippen LogP contribution in [0, 0.1) is 5.92 Å². The lowest BCUT2D eigenvalue weighted by molar-refractivity contribution is -0.121. The first-order chi connectivity index (χ1) is 9.13. The summed E-state index contributed by atoms with van der Waals surface area (Å²) in [5.41, 5.74) is 1.17. The summed E-state index contributed by atoms with van der Waals surface area (Å²) in [5, 5.41) is 10.5. The standard InChI is InChI=1S/C14H26N4O/c1-4-9-18-13(5-8-17-18)11-15-7-6-14(19)16-10-12(2)3/h5,8,12,15H,4,6-7,9-11H2,1-3H3,(H,16,19). The van der Waals surface area contributed by atoms with E-state index in [1.165, 1.54) is 5.69 Å². The summed E-state index contributed by atoms with van der Waals surface area (Å²) in [5.74, 6) is 0.614. The minimum Gasteiger partial charge on any atom is -0.356 e. The van der Waals surface area contributed by atoms with Gasteiger partial charge in [0.25, 0.3) is 0 Å². The lowest BCUT2D eigenvalue weighted by Crippen LogP contribution is -2.30. The zero-order chi connectivity index (χ0) is 14.1. The van der Waals surface area contributed by atoms with Crippen LogP contribution < -0.4 is 10.6 Å². The first-order valence-corrected chi connectivity index (χ1v) is 7.11. The van der Waals surface area contributed by atoms with Crippen molar-refractivity contribution in [2.75, 3.05) is 13.1 Å². The largest absolute Gasteiger partial charge is 0.356 e. The topological polar surface area (TPSA) is 59.0 Å². The van der Waals surface area contributed by atoms with Gasteiger partial charge in [0.15, 0.2) is 0 Å². The van der Waals surface area contributed by atoms with Crippen LogP contribution in [0.1, 0.15) is 39.3 Å². The van der Waals surface area contributed by atoms with E-state index in [0.29, 0.717) is 18.9 Å². The second-order valence-corrected chi connectivity index (χ2v) is 5.17. The Morgan fingerprint density at radius 3 is 2.95 bits per heavy atom. The van der Waals surface area contributed by atoms with Crippen molar-refractivity contribution in [3.05, 3.63) is 18.0 Å². The lowest BCUT2D eigenvalue weighted by atomic mass is 10.2. The van der Waals surface area contributed by atoms with Gasteiger partial charge in [0.05, 0.1) is 5.69 Å². The SMILES string of the molecule is CCCn1nccc1CNCCC(=O)NCC(C)C. The first-order valence-electron chi connectivity index (χ1n) is 7.11. The van der Waals surface area contributed by atoms with Gasteiger partial charge >= 0.3 is 0 Å². The quantitative estimate of drug-likeness (QED) is 0.667. The van der Waals surface area contributed by atoms with E-state index in [1.54, 1.807) is 0 Å². The number of carbonyl (C=O) groups is 1. The van der Waals surface area contributed by atoms with Gasteiger partial charge in [-0.3, -0.25) is 9.48 Å². The van der Waals surface area contributed by atoms with Gasteiger partial charge in [0.2, 0.25) is 5.91 Å². The van der Waals surface area contributed by atoms with Crippen molar-refractivity contribution in [1.82, 2.24) is 20.4 Å². The number of hydrogen-bond donors (Lipinski definition) is 2. The zero-order valence-corrected chi connectivity index (χ0v) is 12.3. The number of rotatable bonds is 9. The third-order valence-electron chi connectivity index (χ3n) is 2.78. The molecular weight excluding hydrogens is 240 g/mol. The third kappa shape index (κ3) is 6.38.